The van der Waals surface area contributed by atoms with Crippen LogP contribution in [0, 0.1) is 0 Å². The maximum absolute atomic E-state index is 11.9. The lowest BCUT2D eigenvalue weighted by Gasteiger charge is -2.12. The molecule has 3 N–H and O–H groups in total. The van der Waals surface area contributed by atoms with Crippen molar-refractivity contribution in [1.82, 2.24) is 14.1 Å². The molecule has 2 rings (SSSR count). The molecule has 24 heavy (non-hydrogen) atoms. The van der Waals surface area contributed by atoms with E-state index >= 15 is 0 Å². The molecule has 0 bridgehead atoms. The number of amides is 2. The van der Waals surface area contributed by atoms with E-state index in [0.29, 0.717) is 0 Å². The first-order valence-electron chi connectivity index (χ1n) is 6.94. The van der Waals surface area contributed by atoms with Crippen LogP contribution in [-0.2, 0) is 0 Å². The molecule has 7 nitrogen and oxygen atoms in total. The average Bonchev–Trinajstić information content (AvgIpc) is 2.94. The van der Waals surface area contributed by atoms with Gasteiger partial charge in [0, 0.05) is 11.6 Å². The second kappa shape index (κ2) is 7.78. The molecule has 0 fully saturated rings. The van der Waals surface area contributed by atoms with Gasteiger partial charge in [0.2, 0.25) is 5.91 Å². The molecule has 128 valence electrons. The Kier molecular flexibility index (Phi) is 5.98. The maximum atomic E-state index is 11.9. The van der Waals surface area contributed by atoms with Crippen LogP contribution in [0.1, 0.15) is 30.6 Å². The third kappa shape index (κ3) is 3.95. The highest BCUT2D eigenvalue weighted by Crippen LogP contribution is 2.40. The molecule has 1 aromatic carbocycles. The van der Waals surface area contributed by atoms with Crippen molar-refractivity contribution in [2.45, 2.75) is 26.3 Å². The van der Waals surface area contributed by atoms with Gasteiger partial charge >= 0.3 is 6.09 Å². The van der Waals surface area contributed by atoms with Crippen molar-refractivity contribution < 1.29 is 14.3 Å². The average molecular weight is 389 g/mol. The van der Waals surface area contributed by atoms with E-state index in [9.17, 15) is 9.59 Å². The predicted molar refractivity (Wildman–Crippen MR) is 92.8 cm³/mol. The second-order valence-electron chi connectivity index (χ2n) is 4.91. The zero-order valence-electron chi connectivity index (χ0n) is 12.8. The number of carbonyl (C=O) groups excluding carboxylic acids is 2. The van der Waals surface area contributed by atoms with E-state index in [4.69, 9.17) is 33.7 Å². The van der Waals surface area contributed by atoms with Crippen molar-refractivity contribution in [2.24, 2.45) is 5.73 Å². The number of hydrogen-bond donors (Lipinski definition) is 2. The Bertz CT molecular complexity index is 781. The van der Waals surface area contributed by atoms with Gasteiger partial charge < -0.3 is 15.8 Å². The molecule has 0 radical (unpaired) electrons. The summed E-state index contributed by atoms with van der Waals surface area (Å²) in [6.07, 6.45) is 0.0758. The third-order valence-corrected chi connectivity index (χ3v) is 4.44. The maximum Gasteiger partial charge on any atom is 0.414 e. The fourth-order valence-corrected chi connectivity index (χ4v) is 2.91. The normalized spacial score (nSPS) is 11.8. The van der Waals surface area contributed by atoms with Crippen LogP contribution in [0.15, 0.2) is 12.1 Å². The summed E-state index contributed by atoms with van der Waals surface area (Å²) in [5.41, 5.74) is 5.76. The number of rotatable bonds is 5. The Balaban J connectivity index is 2.39. The van der Waals surface area contributed by atoms with Crippen LogP contribution in [0.4, 0.5) is 4.79 Å². The van der Waals surface area contributed by atoms with Gasteiger partial charge in [-0.2, -0.15) is 4.37 Å². The number of hydrogen-bond acceptors (Lipinski definition) is 6. The number of nitrogens with two attached hydrogens (primary N) is 1. The second-order valence-corrected chi connectivity index (χ2v) is 6.22. The molecule has 0 aliphatic rings. The smallest absolute Gasteiger partial charge is 0.388 e. The zero-order valence-corrected chi connectivity index (χ0v) is 15.1. The summed E-state index contributed by atoms with van der Waals surface area (Å²) in [6.45, 7) is 3.77. The SMILES string of the molecule is CCC(C)NC(=O)Oc1nsnc1-c1c(Cl)ccc(C(N)=O)c1Cl. The molecule has 1 aromatic heterocycles. The van der Waals surface area contributed by atoms with Crippen molar-refractivity contribution in [2.75, 3.05) is 0 Å². The highest BCUT2D eigenvalue weighted by atomic mass is 35.5. The number of benzene rings is 1. The van der Waals surface area contributed by atoms with Gasteiger partial charge in [-0.25, -0.2) is 4.79 Å². The first-order chi connectivity index (χ1) is 11.3. The van der Waals surface area contributed by atoms with Crippen LogP contribution in [0.3, 0.4) is 0 Å². The van der Waals surface area contributed by atoms with Crippen LogP contribution < -0.4 is 15.8 Å². The first kappa shape index (κ1) is 18.4. The van der Waals surface area contributed by atoms with Gasteiger partial charge in [-0.05, 0) is 25.5 Å². The quantitative estimate of drug-likeness (QED) is 0.814. The van der Waals surface area contributed by atoms with Crippen molar-refractivity contribution >= 4 is 46.9 Å². The van der Waals surface area contributed by atoms with E-state index in [0.717, 1.165) is 18.1 Å². The fraction of sp³-hybridized carbons (Fsp3) is 0.286. The number of aromatic nitrogens is 2. The Morgan fingerprint density at radius 3 is 2.71 bits per heavy atom. The molecule has 10 heteroatoms. The summed E-state index contributed by atoms with van der Waals surface area (Å²) in [4.78, 5) is 23.3. The number of primary amides is 1. The van der Waals surface area contributed by atoms with Gasteiger partial charge in [-0.1, -0.05) is 30.1 Å². The molecular weight excluding hydrogens is 375 g/mol. The highest BCUT2D eigenvalue weighted by Gasteiger charge is 2.23. The lowest BCUT2D eigenvalue weighted by Crippen LogP contribution is -2.34. The van der Waals surface area contributed by atoms with Crippen LogP contribution in [0.5, 0.6) is 5.88 Å². The summed E-state index contributed by atoms with van der Waals surface area (Å²) in [5, 5.41) is 2.89. The third-order valence-electron chi connectivity index (χ3n) is 3.22. The van der Waals surface area contributed by atoms with E-state index in [2.05, 4.69) is 14.1 Å². The summed E-state index contributed by atoms with van der Waals surface area (Å²) >= 11 is 13.2. The van der Waals surface area contributed by atoms with Crippen molar-refractivity contribution in [1.29, 1.82) is 0 Å². The van der Waals surface area contributed by atoms with Crippen LogP contribution in [-0.4, -0.2) is 26.8 Å². The number of nitrogens with one attached hydrogen (secondary N) is 1. The van der Waals surface area contributed by atoms with Gasteiger partial charge in [0.1, 0.15) is 0 Å². The number of carbonyl (C=O) groups is 2. The highest BCUT2D eigenvalue weighted by molar-refractivity contribution is 6.99. The zero-order chi connectivity index (χ0) is 17.9. The van der Waals surface area contributed by atoms with E-state index in [-0.39, 0.29) is 38.8 Å². The molecule has 1 unspecified atom stereocenters. The number of ether oxygens (including phenoxy) is 1. The lowest BCUT2D eigenvalue weighted by molar-refractivity contribution is 0.100. The Morgan fingerprint density at radius 2 is 2.08 bits per heavy atom. The summed E-state index contributed by atoms with van der Waals surface area (Å²) < 4.78 is 13.2. The monoisotopic (exact) mass is 388 g/mol. The molecule has 0 aliphatic carbocycles. The molecule has 0 spiro atoms. The van der Waals surface area contributed by atoms with Gasteiger partial charge in [0.05, 0.1) is 27.3 Å². The minimum absolute atomic E-state index is 0.0230. The van der Waals surface area contributed by atoms with E-state index < -0.39 is 12.0 Å². The molecule has 0 saturated heterocycles. The van der Waals surface area contributed by atoms with Crippen LogP contribution in [0.2, 0.25) is 10.0 Å². The van der Waals surface area contributed by atoms with Gasteiger partial charge in [-0.15, -0.1) is 4.37 Å². The topological polar surface area (TPSA) is 107 Å². The lowest BCUT2D eigenvalue weighted by atomic mass is 10.1. The summed E-state index contributed by atoms with van der Waals surface area (Å²) in [6, 6.07) is 2.82. The fourth-order valence-electron chi connectivity index (χ4n) is 1.78. The van der Waals surface area contributed by atoms with E-state index in [1.165, 1.54) is 12.1 Å². The molecular formula is C14H14Cl2N4O3S. The summed E-state index contributed by atoms with van der Waals surface area (Å²) in [7, 11) is 0. The van der Waals surface area contributed by atoms with E-state index in [1.807, 2.05) is 13.8 Å². The predicted octanol–water partition coefficient (Wildman–Crippen LogP) is 3.50. The molecule has 2 amide bonds. The first-order valence-corrected chi connectivity index (χ1v) is 8.42. The van der Waals surface area contributed by atoms with Crippen molar-refractivity contribution in [3.8, 4) is 17.1 Å². The largest absolute Gasteiger partial charge is 0.414 e. The minimum Gasteiger partial charge on any atom is -0.388 e. The van der Waals surface area contributed by atoms with E-state index in [1.54, 1.807) is 0 Å². The Hall–Kier alpha value is -1.90. The van der Waals surface area contributed by atoms with Gasteiger partial charge in [0.15, 0.2) is 5.69 Å². The van der Waals surface area contributed by atoms with Crippen LogP contribution >= 0.6 is 34.9 Å². The van der Waals surface area contributed by atoms with Crippen LogP contribution in [0.25, 0.3) is 11.3 Å². The van der Waals surface area contributed by atoms with Gasteiger partial charge in [-0.3, -0.25) is 4.79 Å². The number of halogens is 2. The standard InChI is InChI=1S/C14H14Cl2N4O3S/c1-3-6(2)18-14(22)23-13-11(19-24-20-13)9-8(15)5-4-7(10(9)16)12(17)21/h4-6H,3H2,1-2H3,(H2,17,21)(H,18,22). The Morgan fingerprint density at radius 1 is 1.38 bits per heavy atom. The Labute approximate surface area is 152 Å². The van der Waals surface area contributed by atoms with Crippen molar-refractivity contribution in [3.63, 3.8) is 0 Å². The molecule has 2 aromatic rings. The number of nitrogens with zero attached hydrogens (tertiary/aromatic N) is 2. The minimum atomic E-state index is -0.710. The molecule has 1 heterocycles. The van der Waals surface area contributed by atoms with Gasteiger partial charge in [0.25, 0.3) is 5.88 Å². The molecule has 0 saturated carbocycles. The summed E-state index contributed by atoms with van der Waals surface area (Å²) in [5.74, 6) is -0.760. The van der Waals surface area contributed by atoms with Crippen molar-refractivity contribution in [3.05, 3.63) is 27.7 Å². The molecule has 0 aliphatic heterocycles. The molecule has 1 atom stereocenters.